The van der Waals surface area contributed by atoms with Gasteiger partial charge < -0.3 is 5.11 Å². The third kappa shape index (κ3) is 4.75. The average molecular weight is 336 g/mol. The molecule has 1 atom stereocenters. The van der Waals surface area contributed by atoms with Gasteiger partial charge in [0.1, 0.15) is 6.04 Å². The van der Waals surface area contributed by atoms with Crippen molar-refractivity contribution < 1.29 is 18.3 Å². The van der Waals surface area contributed by atoms with Gasteiger partial charge in [0.15, 0.2) is 0 Å². The minimum absolute atomic E-state index is 0.146. The van der Waals surface area contributed by atoms with Crippen LogP contribution in [0.1, 0.15) is 12.5 Å². The van der Waals surface area contributed by atoms with Crippen LogP contribution < -0.4 is 4.72 Å². The lowest BCUT2D eigenvalue weighted by Gasteiger charge is -2.10. The van der Waals surface area contributed by atoms with Gasteiger partial charge in [0.25, 0.3) is 0 Å². The van der Waals surface area contributed by atoms with Crippen molar-refractivity contribution in [2.24, 2.45) is 0 Å². The van der Waals surface area contributed by atoms with E-state index in [9.17, 15) is 13.2 Å². The summed E-state index contributed by atoms with van der Waals surface area (Å²) in [4.78, 5) is 10.6. The van der Waals surface area contributed by atoms with Crippen molar-refractivity contribution in [1.82, 2.24) is 4.72 Å². The number of aryl methyl sites for hydroxylation is 1. The maximum Gasteiger partial charge on any atom is 0.321 e. The summed E-state index contributed by atoms with van der Waals surface area (Å²) in [7, 11) is -3.59. The summed E-state index contributed by atoms with van der Waals surface area (Å²) in [5.74, 6) is -1.34. The van der Waals surface area contributed by atoms with Crippen molar-refractivity contribution in [3.8, 4) is 0 Å². The smallest absolute Gasteiger partial charge is 0.321 e. The largest absolute Gasteiger partial charge is 0.480 e. The molecule has 0 spiro atoms. The molecule has 0 radical (unpaired) electrons. The second kappa shape index (κ2) is 6.31. The van der Waals surface area contributed by atoms with E-state index in [1.165, 1.54) is 6.92 Å². The number of aliphatic carboxylic acids is 1. The zero-order chi connectivity index (χ0) is 13.8. The average Bonchev–Trinajstić information content (AvgIpc) is 2.27. The van der Waals surface area contributed by atoms with Crippen molar-refractivity contribution >= 4 is 31.9 Å². The van der Waals surface area contributed by atoms with Crippen LogP contribution in [0.4, 0.5) is 0 Å². The van der Waals surface area contributed by atoms with Crippen LogP contribution in [0.25, 0.3) is 0 Å². The molecule has 100 valence electrons. The van der Waals surface area contributed by atoms with E-state index in [4.69, 9.17) is 5.11 Å². The maximum absolute atomic E-state index is 11.6. The number of rotatable bonds is 6. The molecule has 0 saturated carbocycles. The molecule has 1 rings (SSSR count). The predicted molar refractivity (Wildman–Crippen MR) is 71.9 cm³/mol. The predicted octanol–water partition coefficient (Wildman–Crippen LogP) is 1.38. The van der Waals surface area contributed by atoms with Gasteiger partial charge in [-0.25, -0.2) is 13.1 Å². The van der Waals surface area contributed by atoms with Gasteiger partial charge in [-0.15, -0.1) is 0 Å². The summed E-state index contributed by atoms with van der Waals surface area (Å²) in [6.45, 7) is 1.29. The first kappa shape index (κ1) is 15.1. The molecule has 0 aromatic heterocycles. The highest BCUT2D eigenvalue weighted by Gasteiger charge is 2.19. The van der Waals surface area contributed by atoms with Crippen LogP contribution in [0.3, 0.4) is 0 Å². The number of carboxylic acids is 1. The van der Waals surface area contributed by atoms with E-state index < -0.39 is 22.0 Å². The number of hydrogen-bond donors (Lipinski definition) is 2. The Bertz CT molecular complexity index is 530. The first-order chi connectivity index (χ1) is 8.32. The minimum atomic E-state index is -3.59. The van der Waals surface area contributed by atoms with Crippen molar-refractivity contribution in [1.29, 1.82) is 0 Å². The Morgan fingerprint density at radius 2 is 2.06 bits per heavy atom. The van der Waals surface area contributed by atoms with E-state index in [1.807, 2.05) is 24.3 Å². The maximum atomic E-state index is 11.6. The number of halogens is 1. The molecule has 7 heteroatoms. The number of carbonyl (C=O) groups is 1. The van der Waals surface area contributed by atoms with Gasteiger partial charge in [0, 0.05) is 4.47 Å². The molecule has 0 amide bonds. The molecule has 0 saturated heterocycles. The van der Waals surface area contributed by atoms with E-state index in [2.05, 4.69) is 20.7 Å². The van der Waals surface area contributed by atoms with E-state index in [1.54, 1.807) is 0 Å². The van der Waals surface area contributed by atoms with Crippen LogP contribution >= 0.6 is 15.9 Å². The highest BCUT2D eigenvalue weighted by atomic mass is 79.9. The highest BCUT2D eigenvalue weighted by molar-refractivity contribution is 9.10. The second-order valence-electron chi connectivity index (χ2n) is 3.84. The van der Waals surface area contributed by atoms with Crippen LogP contribution in [0.5, 0.6) is 0 Å². The van der Waals surface area contributed by atoms with E-state index >= 15 is 0 Å². The Labute approximate surface area is 114 Å². The van der Waals surface area contributed by atoms with E-state index in [0.717, 1.165) is 10.0 Å². The van der Waals surface area contributed by atoms with Crippen molar-refractivity contribution in [3.63, 3.8) is 0 Å². The lowest BCUT2D eigenvalue weighted by atomic mass is 10.2. The zero-order valence-electron chi connectivity index (χ0n) is 9.76. The van der Waals surface area contributed by atoms with Crippen LogP contribution in [-0.2, 0) is 21.2 Å². The molecular weight excluding hydrogens is 322 g/mol. The summed E-state index contributed by atoms with van der Waals surface area (Å²) in [6.07, 6.45) is 0.323. The monoisotopic (exact) mass is 335 g/mol. The first-order valence-corrected chi connectivity index (χ1v) is 7.72. The molecule has 18 heavy (non-hydrogen) atoms. The zero-order valence-corrected chi connectivity index (χ0v) is 12.2. The van der Waals surface area contributed by atoms with Gasteiger partial charge in [0.2, 0.25) is 10.0 Å². The molecule has 5 nitrogen and oxygen atoms in total. The van der Waals surface area contributed by atoms with Crippen LogP contribution in [0, 0.1) is 0 Å². The number of hydrogen-bond acceptors (Lipinski definition) is 3. The molecule has 0 unspecified atom stereocenters. The Kier molecular flexibility index (Phi) is 5.30. The summed E-state index contributed by atoms with van der Waals surface area (Å²) in [5, 5.41) is 8.64. The third-order valence-electron chi connectivity index (χ3n) is 2.32. The normalized spacial score (nSPS) is 13.2. The Balaban J connectivity index is 2.63. The molecular formula is C11H14BrNO4S. The number of benzene rings is 1. The topological polar surface area (TPSA) is 83.5 Å². The lowest BCUT2D eigenvalue weighted by Crippen LogP contribution is -2.39. The quantitative estimate of drug-likeness (QED) is 0.822. The van der Waals surface area contributed by atoms with Gasteiger partial charge in [-0.1, -0.05) is 34.1 Å². The minimum Gasteiger partial charge on any atom is -0.480 e. The van der Waals surface area contributed by atoms with Crippen molar-refractivity contribution in [2.75, 3.05) is 5.75 Å². The van der Waals surface area contributed by atoms with Crippen LogP contribution in [0.15, 0.2) is 28.7 Å². The molecule has 0 fully saturated rings. The molecule has 1 aromatic carbocycles. The summed E-state index contributed by atoms with van der Waals surface area (Å²) in [6, 6.07) is 6.19. The number of sulfonamides is 1. The number of nitrogens with one attached hydrogen (secondary N) is 1. The Morgan fingerprint density at radius 3 is 2.61 bits per heavy atom. The first-order valence-electron chi connectivity index (χ1n) is 5.28. The molecule has 1 aromatic rings. The van der Waals surface area contributed by atoms with Gasteiger partial charge in [-0.3, -0.25) is 4.79 Å². The fourth-order valence-corrected chi connectivity index (χ4v) is 3.05. The summed E-state index contributed by atoms with van der Waals surface area (Å²) < 4.78 is 26.2. The molecule has 0 aliphatic heterocycles. The van der Waals surface area contributed by atoms with Gasteiger partial charge in [0.05, 0.1) is 5.75 Å². The number of carboxylic acid groups (broad SMARTS) is 1. The second-order valence-corrected chi connectivity index (χ2v) is 6.57. The summed E-state index contributed by atoms with van der Waals surface area (Å²) in [5.41, 5.74) is 0.867. The Morgan fingerprint density at radius 1 is 1.44 bits per heavy atom. The Hall–Kier alpha value is -0.920. The molecule has 2 N–H and O–H groups in total. The van der Waals surface area contributed by atoms with Crippen LogP contribution in [-0.4, -0.2) is 31.3 Å². The lowest BCUT2D eigenvalue weighted by molar-refractivity contribution is -0.138. The van der Waals surface area contributed by atoms with Gasteiger partial charge in [-0.05, 0) is 25.0 Å². The molecule has 0 aliphatic rings. The van der Waals surface area contributed by atoms with Crippen molar-refractivity contribution in [3.05, 3.63) is 34.3 Å². The molecule has 0 aliphatic carbocycles. The molecule has 0 bridgehead atoms. The van der Waals surface area contributed by atoms with Crippen molar-refractivity contribution in [2.45, 2.75) is 19.4 Å². The van der Waals surface area contributed by atoms with E-state index in [-0.39, 0.29) is 5.75 Å². The standard InChI is InChI=1S/C11H14BrNO4S/c1-8(11(14)15)13-18(16,17)7-6-9-4-2-3-5-10(9)12/h2-5,8,13H,6-7H2,1H3,(H,14,15)/t8-/m1/s1. The fraction of sp³-hybridized carbons (Fsp3) is 0.364. The third-order valence-corrected chi connectivity index (χ3v) is 4.55. The highest BCUT2D eigenvalue weighted by Crippen LogP contribution is 2.16. The van der Waals surface area contributed by atoms with E-state index in [0.29, 0.717) is 6.42 Å². The molecule has 0 heterocycles. The fourth-order valence-electron chi connectivity index (χ4n) is 1.32. The van der Waals surface area contributed by atoms with Gasteiger partial charge >= 0.3 is 5.97 Å². The summed E-state index contributed by atoms with van der Waals surface area (Å²) >= 11 is 3.33. The SMILES string of the molecule is C[C@@H](NS(=O)(=O)CCc1ccccc1Br)C(=O)O. The van der Waals surface area contributed by atoms with Gasteiger partial charge in [-0.2, -0.15) is 0 Å². The van der Waals surface area contributed by atoms with Crippen LogP contribution in [0.2, 0.25) is 0 Å².